The number of rotatable bonds is 6. The van der Waals surface area contributed by atoms with E-state index in [1.165, 1.54) is 4.90 Å². The molecule has 29 heavy (non-hydrogen) atoms. The van der Waals surface area contributed by atoms with Crippen molar-refractivity contribution in [3.63, 3.8) is 0 Å². The number of piperidine rings is 1. The molecule has 1 fully saturated rings. The number of carbonyl (C=O) groups excluding carboxylic acids is 2. The van der Waals surface area contributed by atoms with Crippen molar-refractivity contribution in [3.8, 4) is 0 Å². The molecule has 1 heterocycles. The molecule has 1 aliphatic heterocycles. The van der Waals surface area contributed by atoms with Gasteiger partial charge in [-0.3, -0.25) is 29.8 Å². The summed E-state index contributed by atoms with van der Waals surface area (Å²) in [7, 11) is 0. The summed E-state index contributed by atoms with van der Waals surface area (Å²) in [4.78, 5) is 47.8. The molecular formula is C20H19N3O6. The molecule has 1 aliphatic rings. The maximum Gasteiger partial charge on any atom is 0.277 e. The van der Waals surface area contributed by atoms with E-state index < -0.39 is 27.1 Å². The van der Waals surface area contributed by atoms with Crippen molar-refractivity contribution in [2.24, 2.45) is 0 Å². The molecule has 1 unspecified atom stereocenters. The zero-order valence-electron chi connectivity index (χ0n) is 15.5. The minimum absolute atomic E-state index is 0.0969. The van der Waals surface area contributed by atoms with Crippen LogP contribution in [0.4, 0.5) is 11.4 Å². The van der Waals surface area contributed by atoms with Crippen LogP contribution in [-0.4, -0.2) is 39.0 Å². The molecule has 9 nitrogen and oxygen atoms in total. The minimum Gasteiger partial charge on any atom is -0.335 e. The van der Waals surface area contributed by atoms with Crippen LogP contribution in [0, 0.1) is 20.2 Å². The van der Waals surface area contributed by atoms with Crippen molar-refractivity contribution in [1.29, 1.82) is 0 Å². The summed E-state index contributed by atoms with van der Waals surface area (Å²) in [6, 6.07) is 11.3. The van der Waals surface area contributed by atoms with Crippen LogP contribution < -0.4 is 0 Å². The maximum absolute atomic E-state index is 13.0. The zero-order valence-corrected chi connectivity index (χ0v) is 15.5. The fourth-order valence-electron chi connectivity index (χ4n) is 3.53. The van der Waals surface area contributed by atoms with Gasteiger partial charge >= 0.3 is 0 Å². The zero-order chi connectivity index (χ0) is 21.0. The lowest BCUT2D eigenvalue weighted by molar-refractivity contribution is -0.394. The summed E-state index contributed by atoms with van der Waals surface area (Å²) in [6.45, 7) is 0.391. The van der Waals surface area contributed by atoms with Crippen molar-refractivity contribution in [3.05, 3.63) is 79.9 Å². The monoisotopic (exact) mass is 397 g/mol. The molecule has 3 rings (SSSR count). The fraction of sp³-hybridized carbons (Fsp3) is 0.300. The third-order valence-electron chi connectivity index (χ3n) is 4.98. The van der Waals surface area contributed by atoms with Gasteiger partial charge in [0, 0.05) is 36.7 Å². The van der Waals surface area contributed by atoms with E-state index in [9.17, 15) is 29.8 Å². The smallest absolute Gasteiger partial charge is 0.277 e. The molecule has 1 saturated heterocycles. The summed E-state index contributed by atoms with van der Waals surface area (Å²) < 4.78 is 0. The molecule has 0 bridgehead atoms. The number of carbonyl (C=O) groups is 2. The number of nitro groups is 2. The third-order valence-corrected chi connectivity index (χ3v) is 4.98. The SMILES string of the molecule is O=C(CC1CCCCN1C(=O)c1cc([N+](=O)[O-])cc([N+](=O)[O-])c1)c1ccccc1. The van der Waals surface area contributed by atoms with Crippen LogP contribution in [0.2, 0.25) is 0 Å². The fourth-order valence-corrected chi connectivity index (χ4v) is 3.53. The molecule has 0 aliphatic carbocycles. The van der Waals surface area contributed by atoms with E-state index in [2.05, 4.69) is 0 Å². The number of benzene rings is 2. The number of hydrogen-bond acceptors (Lipinski definition) is 6. The van der Waals surface area contributed by atoms with Gasteiger partial charge in [0.25, 0.3) is 17.3 Å². The summed E-state index contributed by atoms with van der Waals surface area (Å²) in [5.74, 6) is -0.636. The van der Waals surface area contributed by atoms with Crippen LogP contribution in [0.1, 0.15) is 46.4 Å². The second-order valence-electron chi connectivity index (χ2n) is 6.89. The summed E-state index contributed by atoms with van der Waals surface area (Å²) in [5, 5.41) is 22.2. The van der Waals surface area contributed by atoms with Gasteiger partial charge in [-0.15, -0.1) is 0 Å². The number of nitrogens with zero attached hydrogens (tertiary/aromatic N) is 3. The van der Waals surface area contributed by atoms with Crippen molar-refractivity contribution in [1.82, 2.24) is 4.90 Å². The van der Waals surface area contributed by atoms with Gasteiger partial charge in [0.05, 0.1) is 21.5 Å². The molecule has 2 aromatic carbocycles. The Kier molecular flexibility index (Phi) is 5.96. The van der Waals surface area contributed by atoms with Gasteiger partial charge in [0.2, 0.25) is 0 Å². The Morgan fingerprint density at radius 3 is 2.14 bits per heavy atom. The van der Waals surface area contributed by atoms with E-state index in [0.717, 1.165) is 31.0 Å². The van der Waals surface area contributed by atoms with E-state index in [1.54, 1.807) is 24.3 Å². The van der Waals surface area contributed by atoms with E-state index in [4.69, 9.17) is 0 Å². The Morgan fingerprint density at radius 2 is 1.55 bits per heavy atom. The van der Waals surface area contributed by atoms with Crippen LogP contribution in [0.3, 0.4) is 0 Å². The van der Waals surface area contributed by atoms with Crippen molar-refractivity contribution >= 4 is 23.1 Å². The van der Waals surface area contributed by atoms with Gasteiger partial charge in [-0.1, -0.05) is 30.3 Å². The normalized spacial score (nSPS) is 16.3. The highest BCUT2D eigenvalue weighted by Gasteiger charge is 2.31. The Morgan fingerprint density at radius 1 is 0.931 bits per heavy atom. The molecule has 1 amide bonds. The van der Waals surface area contributed by atoms with E-state index in [0.29, 0.717) is 18.5 Å². The summed E-state index contributed by atoms with van der Waals surface area (Å²) in [6.07, 6.45) is 2.35. The third kappa shape index (κ3) is 4.63. The molecule has 150 valence electrons. The lowest BCUT2D eigenvalue weighted by Crippen LogP contribution is -2.44. The Hall–Kier alpha value is -3.62. The summed E-state index contributed by atoms with van der Waals surface area (Å²) >= 11 is 0. The predicted molar refractivity (Wildman–Crippen MR) is 104 cm³/mol. The molecular weight excluding hydrogens is 378 g/mol. The summed E-state index contributed by atoms with van der Waals surface area (Å²) in [5.41, 5.74) is -0.602. The molecule has 9 heteroatoms. The van der Waals surface area contributed by atoms with Crippen LogP contribution >= 0.6 is 0 Å². The van der Waals surface area contributed by atoms with Gasteiger partial charge in [0.15, 0.2) is 5.78 Å². The average Bonchev–Trinajstić information content (AvgIpc) is 2.73. The Labute approximate surface area is 166 Å². The average molecular weight is 397 g/mol. The topological polar surface area (TPSA) is 124 Å². The molecule has 0 saturated carbocycles. The van der Waals surface area contributed by atoms with Crippen LogP contribution in [0.25, 0.3) is 0 Å². The standard InChI is InChI=1S/C20H19N3O6/c24-19(14-6-2-1-3-7-14)13-16-8-4-5-9-21(16)20(25)15-10-17(22(26)27)12-18(11-15)23(28)29/h1-3,6-7,10-12,16H,4-5,8-9,13H2. The van der Waals surface area contributed by atoms with Gasteiger partial charge < -0.3 is 4.90 Å². The first-order chi connectivity index (χ1) is 13.9. The number of non-ortho nitro benzene ring substituents is 2. The predicted octanol–water partition coefficient (Wildman–Crippen LogP) is 3.77. The second-order valence-corrected chi connectivity index (χ2v) is 6.89. The molecule has 0 N–H and O–H groups in total. The second kappa shape index (κ2) is 8.59. The van der Waals surface area contributed by atoms with Crippen LogP contribution in [0.5, 0.6) is 0 Å². The first-order valence-corrected chi connectivity index (χ1v) is 9.20. The number of likely N-dealkylation sites (tertiary alicyclic amines) is 1. The van der Waals surface area contributed by atoms with Gasteiger partial charge in [-0.05, 0) is 19.3 Å². The number of amides is 1. The Bertz CT molecular complexity index is 928. The Balaban J connectivity index is 1.87. The highest BCUT2D eigenvalue weighted by atomic mass is 16.6. The highest BCUT2D eigenvalue weighted by Crippen LogP contribution is 2.27. The van der Waals surface area contributed by atoms with Gasteiger partial charge in [-0.2, -0.15) is 0 Å². The lowest BCUT2D eigenvalue weighted by Gasteiger charge is -2.35. The van der Waals surface area contributed by atoms with Gasteiger partial charge in [-0.25, -0.2) is 0 Å². The number of Topliss-reactive ketones (excluding diaryl/α,β-unsaturated/α-hetero) is 1. The number of hydrogen-bond donors (Lipinski definition) is 0. The van der Waals surface area contributed by atoms with Gasteiger partial charge in [0.1, 0.15) is 0 Å². The van der Waals surface area contributed by atoms with E-state index in [1.807, 2.05) is 6.07 Å². The molecule has 0 spiro atoms. The molecule has 1 atom stereocenters. The first-order valence-electron chi connectivity index (χ1n) is 9.20. The van der Waals surface area contributed by atoms with Crippen LogP contribution in [0.15, 0.2) is 48.5 Å². The number of nitro benzene ring substituents is 2. The molecule has 2 aromatic rings. The lowest BCUT2D eigenvalue weighted by atomic mass is 9.94. The van der Waals surface area contributed by atoms with E-state index in [-0.39, 0.29) is 23.8 Å². The quantitative estimate of drug-likeness (QED) is 0.415. The highest BCUT2D eigenvalue weighted by molar-refractivity contribution is 5.98. The minimum atomic E-state index is -0.767. The van der Waals surface area contributed by atoms with Crippen molar-refractivity contribution in [2.75, 3.05) is 6.54 Å². The largest absolute Gasteiger partial charge is 0.335 e. The van der Waals surface area contributed by atoms with Crippen LogP contribution in [-0.2, 0) is 0 Å². The molecule has 0 aromatic heterocycles. The number of ketones is 1. The maximum atomic E-state index is 13.0. The van der Waals surface area contributed by atoms with Crippen molar-refractivity contribution in [2.45, 2.75) is 31.7 Å². The van der Waals surface area contributed by atoms with Crippen molar-refractivity contribution < 1.29 is 19.4 Å². The molecule has 0 radical (unpaired) electrons. The van der Waals surface area contributed by atoms with E-state index >= 15 is 0 Å². The first kappa shape index (κ1) is 20.1.